The highest BCUT2D eigenvalue weighted by Crippen LogP contribution is 2.42. The van der Waals surface area contributed by atoms with Gasteiger partial charge in [-0.1, -0.05) is 38.1 Å². The molecule has 1 aromatic carbocycles. The Balaban J connectivity index is 0.00000117. The number of benzene rings is 1. The van der Waals surface area contributed by atoms with Crippen LogP contribution < -0.4 is 10.9 Å². The van der Waals surface area contributed by atoms with Crippen LogP contribution in [0.3, 0.4) is 0 Å². The van der Waals surface area contributed by atoms with Crippen molar-refractivity contribution in [3.8, 4) is 0 Å². The van der Waals surface area contributed by atoms with Gasteiger partial charge in [-0.15, -0.1) is 0 Å². The van der Waals surface area contributed by atoms with Crippen molar-refractivity contribution in [1.82, 2.24) is 4.98 Å². The largest absolute Gasteiger partial charge is 0.382 e. The van der Waals surface area contributed by atoms with E-state index < -0.39 is 0 Å². The van der Waals surface area contributed by atoms with Crippen molar-refractivity contribution in [3.05, 3.63) is 64.1 Å². The second-order valence-corrected chi connectivity index (χ2v) is 7.69. The molecule has 1 saturated carbocycles. The monoisotopic (exact) mass is 374 g/mol. The molecule has 140 valence electrons. The number of pyridine rings is 1. The van der Waals surface area contributed by atoms with Gasteiger partial charge in [0.25, 0.3) is 0 Å². The molecule has 0 radical (unpaired) electrons. The molecule has 2 atom stereocenters. The van der Waals surface area contributed by atoms with Crippen LogP contribution in [0.2, 0.25) is 0 Å². The van der Waals surface area contributed by atoms with Crippen LogP contribution in [0.25, 0.3) is 12.2 Å². The standard InChI is InChI=1S/C19H21FN2OS.C2H6/c1-19(24-20)11-10-17(12-19)22-16-7-4-14(5-8-16)2-3-15-6-9-18(23)21-13-15;1-2/h2-9,13,17,22H,10-12H2,1H3,(H,21,23);1-2H3/b3-2+;. The second kappa shape index (κ2) is 9.62. The molecule has 26 heavy (non-hydrogen) atoms. The molecule has 2 unspecified atom stereocenters. The Labute approximate surface area is 159 Å². The molecule has 1 heterocycles. The van der Waals surface area contributed by atoms with Gasteiger partial charge in [-0.25, -0.2) is 0 Å². The van der Waals surface area contributed by atoms with Crippen LogP contribution in [-0.2, 0) is 0 Å². The van der Waals surface area contributed by atoms with Gasteiger partial charge in [0.15, 0.2) is 0 Å². The Hall–Kier alpha value is -2.01. The average Bonchev–Trinajstić information content (AvgIpc) is 3.05. The minimum absolute atomic E-state index is 0.100. The first-order valence-electron chi connectivity index (χ1n) is 9.09. The van der Waals surface area contributed by atoms with Crippen LogP contribution in [0.4, 0.5) is 9.57 Å². The molecule has 0 bridgehead atoms. The SMILES string of the molecule is CC.CC1(SF)CCC(Nc2ccc(/C=C/c3ccc(=O)[nH]c3)cc2)C1. The number of aromatic nitrogens is 1. The molecule has 3 nitrogen and oxygen atoms in total. The summed E-state index contributed by atoms with van der Waals surface area (Å²) in [6.07, 6.45) is 8.41. The summed E-state index contributed by atoms with van der Waals surface area (Å²) in [7, 11) is 0. The summed E-state index contributed by atoms with van der Waals surface area (Å²) >= 11 is 0.486. The summed E-state index contributed by atoms with van der Waals surface area (Å²) in [6.45, 7) is 5.99. The average molecular weight is 375 g/mol. The van der Waals surface area contributed by atoms with Crippen molar-refractivity contribution in [3.63, 3.8) is 0 Å². The van der Waals surface area contributed by atoms with Gasteiger partial charge in [0.1, 0.15) is 0 Å². The number of hydrogen-bond acceptors (Lipinski definition) is 3. The van der Waals surface area contributed by atoms with E-state index >= 15 is 0 Å². The van der Waals surface area contributed by atoms with E-state index in [1.807, 2.05) is 57.2 Å². The van der Waals surface area contributed by atoms with Gasteiger partial charge >= 0.3 is 0 Å². The predicted octanol–water partition coefficient (Wildman–Crippen LogP) is 5.91. The Morgan fingerprint density at radius 3 is 2.38 bits per heavy atom. The molecule has 1 fully saturated rings. The molecule has 0 saturated heterocycles. The summed E-state index contributed by atoms with van der Waals surface area (Å²) in [5.41, 5.74) is 3.00. The molecule has 5 heteroatoms. The molecule has 3 rings (SSSR count). The first-order chi connectivity index (χ1) is 12.6. The van der Waals surface area contributed by atoms with Crippen LogP contribution in [-0.4, -0.2) is 15.8 Å². The van der Waals surface area contributed by atoms with E-state index in [-0.39, 0.29) is 10.3 Å². The predicted molar refractivity (Wildman–Crippen MR) is 112 cm³/mol. The molecule has 0 aliphatic heterocycles. The summed E-state index contributed by atoms with van der Waals surface area (Å²) in [4.78, 5) is 13.7. The highest BCUT2D eigenvalue weighted by atomic mass is 32.2. The van der Waals surface area contributed by atoms with Crippen molar-refractivity contribution >= 4 is 30.0 Å². The zero-order valence-corrected chi connectivity index (χ0v) is 16.4. The van der Waals surface area contributed by atoms with E-state index in [0.29, 0.717) is 18.2 Å². The number of aromatic amines is 1. The van der Waals surface area contributed by atoms with Gasteiger partial charge in [0.05, 0.1) is 12.1 Å². The topological polar surface area (TPSA) is 44.9 Å². The third kappa shape index (κ3) is 5.77. The number of nitrogens with one attached hydrogen (secondary N) is 2. The van der Waals surface area contributed by atoms with Crippen molar-refractivity contribution in [2.75, 3.05) is 5.32 Å². The number of hydrogen-bond donors (Lipinski definition) is 2. The number of H-pyrrole nitrogens is 1. The molecule has 2 aromatic rings. The minimum atomic E-state index is -0.239. The lowest BCUT2D eigenvalue weighted by Gasteiger charge is -2.19. The van der Waals surface area contributed by atoms with Crippen LogP contribution >= 0.6 is 12.1 Å². The molecule has 0 amide bonds. The zero-order valence-electron chi connectivity index (χ0n) is 15.6. The Morgan fingerprint density at radius 2 is 1.81 bits per heavy atom. The molecule has 1 aliphatic carbocycles. The van der Waals surface area contributed by atoms with Crippen LogP contribution in [0.15, 0.2) is 47.4 Å². The number of rotatable bonds is 5. The van der Waals surface area contributed by atoms with Crippen molar-refractivity contribution in [1.29, 1.82) is 0 Å². The molecule has 1 aliphatic rings. The Morgan fingerprint density at radius 1 is 1.15 bits per heavy atom. The Kier molecular flexibility index (Phi) is 7.51. The minimum Gasteiger partial charge on any atom is -0.382 e. The van der Waals surface area contributed by atoms with Crippen molar-refractivity contribution in [2.45, 2.75) is 50.8 Å². The van der Waals surface area contributed by atoms with Crippen molar-refractivity contribution < 1.29 is 3.89 Å². The van der Waals surface area contributed by atoms with Gasteiger partial charge in [0, 0.05) is 28.7 Å². The van der Waals surface area contributed by atoms with Gasteiger partial charge in [-0.3, -0.25) is 4.79 Å². The van der Waals surface area contributed by atoms with E-state index in [4.69, 9.17) is 0 Å². The second-order valence-electron chi connectivity index (χ2n) is 6.55. The maximum absolute atomic E-state index is 13.0. The fourth-order valence-corrected chi connectivity index (χ4v) is 3.50. The molecular formula is C21H27FN2OS. The van der Waals surface area contributed by atoms with E-state index in [2.05, 4.69) is 10.3 Å². The number of halogens is 1. The lowest BCUT2D eigenvalue weighted by molar-refractivity contribution is 0.640. The highest BCUT2D eigenvalue weighted by Gasteiger charge is 2.36. The summed E-state index contributed by atoms with van der Waals surface area (Å²) in [6, 6.07) is 11.8. The lowest BCUT2D eigenvalue weighted by atomic mass is 10.1. The van der Waals surface area contributed by atoms with E-state index in [9.17, 15) is 8.68 Å². The van der Waals surface area contributed by atoms with Crippen LogP contribution in [0, 0.1) is 0 Å². The summed E-state index contributed by atoms with van der Waals surface area (Å²) < 4.78 is 12.7. The van der Waals surface area contributed by atoms with E-state index in [0.717, 1.165) is 36.1 Å². The summed E-state index contributed by atoms with van der Waals surface area (Å²) in [5, 5.41) is 3.49. The zero-order chi connectivity index (χ0) is 19.0. The van der Waals surface area contributed by atoms with Crippen molar-refractivity contribution in [2.24, 2.45) is 0 Å². The third-order valence-corrected chi connectivity index (χ3v) is 5.19. The number of anilines is 1. The fraction of sp³-hybridized carbons (Fsp3) is 0.381. The quantitative estimate of drug-likeness (QED) is 0.683. The van der Waals surface area contributed by atoms with Crippen LogP contribution in [0.5, 0.6) is 0 Å². The Bertz CT molecular complexity index is 752. The lowest BCUT2D eigenvalue weighted by Crippen LogP contribution is -2.20. The summed E-state index contributed by atoms with van der Waals surface area (Å²) in [5.74, 6) is 0. The fourth-order valence-electron chi connectivity index (χ4n) is 3.04. The van der Waals surface area contributed by atoms with Gasteiger partial charge in [-0.05, 0) is 55.5 Å². The molecule has 0 spiro atoms. The van der Waals surface area contributed by atoms with Gasteiger partial charge in [-0.2, -0.15) is 3.89 Å². The van der Waals surface area contributed by atoms with Gasteiger partial charge in [0.2, 0.25) is 5.56 Å². The highest BCUT2D eigenvalue weighted by molar-refractivity contribution is 7.95. The first-order valence-corrected chi connectivity index (χ1v) is 9.81. The maximum Gasteiger partial charge on any atom is 0.247 e. The molecule has 2 N–H and O–H groups in total. The first kappa shape index (κ1) is 20.3. The third-order valence-electron chi connectivity index (χ3n) is 4.44. The molecular weight excluding hydrogens is 347 g/mol. The van der Waals surface area contributed by atoms with Crippen LogP contribution in [0.1, 0.15) is 51.2 Å². The van der Waals surface area contributed by atoms with E-state index in [1.165, 1.54) is 6.07 Å². The normalized spacial score (nSPS) is 22.1. The van der Waals surface area contributed by atoms with E-state index in [1.54, 1.807) is 12.3 Å². The molecule has 1 aromatic heterocycles. The maximum atomic E-state index is 13.0. The smallest absolute Gasteiger partial charge is 0.247 e. The van der Waals surface area contributed by atoms with Gasteiger partial charge < -0.3 is 10.3 Å².